The molecule has 0 amide bonds. The molecule has 3 aromatic rings. The average molecular weight is 352 g/mol. The first-order chi connectivity index (χ1) is 12.4. The van der Waals surface area contributed by atoms with Crippen molar-refractivity contribution in [1.82, 2.24) is 4.57 Å². The number of carbonyl (C=O) groups is 1. The predicted octanol–water partition coefficient (Wildman–Crippen LogP) is 2.88. The molecule has 0 unspecified atom stereocenters. The molecule has 0 aliphatic carbocycles. The summed E-state index contributed by atoms with van der Waals surface area (Å²) in [5.74, 6) is -1.86. The second-order valence-corrected chi connectivity index (χ2v) is 5.59. The second kappa shape index (κ2) is 6.72. The number of benzene rings is 2. The normalized spacial score (nSPS) is 11.3. The van der Waals surface area contributed by atoms with Gasteiger partial charge in [0.2, 0.25) is 0 Å². The molecule has 0 saturated carbocycles. The zero-order valence-electron chi connectivity index (χ0n) is 13.9. The predicted molar refractivity (Wildman–Crippen MR) is 97.9 cm³/mol. The highest BCUT2D eigenvalue weighted by molar-refractivity contribution is 5.96. The van der Waals surface area contributed by atoms with Crippen LogP contribution in [0.4, 0.5) is 5.69 Å². The summed E-state index contributed by atoms with van der Waals surface area (Å²) < 4.78 is 1.53. The summed E-state index contributed by atoms with van der Waals surface area (Å²) >= 11 is 0. The van der Waals surface area contributed by atoms with Crippen LogP contribution in [0.5, 0.6) is 11.5 Å². The Hall–Kier alpha value is -3.61. The maximum absolute atomic E-state index is 12.7. The zero-order chi connectivity index (χ0) is 18.8. The van der Waals surface area contributed by atoms with Gasteiger partial charge in [0, 0.05) is 24.2 Å². The number of aromatic carboxylic acids is 1. The summed E-state index contributed by atoms with van der Waals surface area (Å²) in [6.45, 7) is 2.25. The van der Waals surface area contributed by atoms with E-state index in [-0.39, 0.29) is 28.1 Å². The van der Waals surface area contributed by atoms with Crippen LogP contribution >= 0.6 is 0 Å². The van der Waals surface area contributed by atoms with Crippen molar-refractivity contribution in [1.29, 1.82) is 0 Å². The lowest BCUT2D eigenvalue weighted by Crippen LogP contribution is -2.23. The van der Waals surface area contributed by atoms with Crippen LogP contribution in [-0.4, -0.2) is 32.1 Å². The van der Waals surface area contributed by atoms with Crippen LogP contribution in [0.3, 0.4) is 0 Å². The molecule has 2 aromatic carbocycles. The monoisotopic (exact) mass is 352 g/mol. The lowest BCUT2D eigenvalue weighted by atomic mass is 10.1. The highest BCUT2D eigenvalue weighted by Gasteiger charge is 2.14. The number of fused-ring (bicyclic) bond motifs is 1. The lowest BCUT2D eigenvalue weighted by Gasteiger charge is -2.11. The molecule has 0 spiro atoms. The number of carboxylic acid groups (broad SMARTS) is 1. The standard InChI is InChI=1S/C19H16N2O5/c1-2-21-15-6-4-3-5-12(15)17(23)14(18(21)24)10-20-11-7-8-13(19(25)26)16(22)9-11/h3-10,22-23H,2H2,1H3,(H,25,26). The number of hydrogen-bond acceptors (Lipinski definition) is 5. The maximum atomic E-state index is 12.7. The van der Waals surface area contributed by atoms with E-state index in [4.69, 9.17) is 5.11 Å². The summed E-state index contributed by atoms with van der Waals surface area (Å²) in [5.41, 5.74) is 0.262. The number of para-hydroxylation sites is 1. The summed E-state index contributed by atoms with van der Waals surface area (Å²) in [4.78, 5) is 27.7. The van der Waals surface area contributed by atoms with E-state index in [1.54, 1.807) is 24.3 Å². The van der Waals surface area contributed by atoms with E-state index >= 15 is 0 Å². The van der Waals surface area contributed by atoms with E-state index < -0.39 is 11.7 Å². The summed E-state index contributed by atoms with van der Waals surface area (Å²) in [7, 11) is 0. The largest absolute Gasteiger partial charge is 0.507 e. The Balaban J connectivity index is 2.12. The van der Waals surface area contributed by atoms with Gasteiger partial charge in [-0.3, -0.25) is 9.79 Å². The molecule has 0 saturated heterocycles. The molecule has 7 nitrogen and oxygen atoms in total. The topological polar surface area (TPSA) is 112 Å². The minimum atomic E-state index is -1.25. The highest BCUT2D eigenvalue weighted by Crippen LogP contribution is 2.27. The first-order valence-electron chi connectivity index (χ1n) is 7.89. The quantitative estimate of drug-likeness (QED) is 0.625. The van der Waals surface area contributed by atoms with Gasteiger partial charge in [0.1, 0.15) is 22.6 Å². The van der Waals surface area contributed by atoms with Gasteiger partial charge < -0.3 is 19.9 Å². The fourth-order valence-electron chi connectivity index (χ4n) is 2.76. The molecule has 0 atom stereocenters. The number of aromatic nitrogens is 1. The number of aromatic hydroxyl groups is 2. The van der Waals surface area contributed by atoms with Crippen LogP contribution in [0.2, 0.25) is 0 Å². The molecule has 0 aliphatic rings. The summed E-state index contributed by atoms with van der Waals surface area (Å²) in [5, 5.41) is 29.6. The number of aliphatic imine (C=N–C) groups is 1. The maximum Gasteiger partial charge on any atom is 0.339 e. The Morgan fingerprint density at radius 2 is 1.92 bits per heavy atom. The van der Waals surface area contributed by atoms with Crippen molar-refractivity contribution >= 4 is 28.8 Å². The molecule has 0 fully saturated rings. The number of aryl methyl sites for hydroxylation is 1. The van der Waals surface area contributed by atoms with Crippen molar-refractivity contribution < 1.29 is 20.1 Å². The van der Waals surface area contributed by atoms with Crippen molar-refractivity contribution in [3.05, 3.63) is 63.9 Å². The number of phenols is 1. The fraction of sp³-hybridized carbons (Fsp3) is 0.105. The molecule has 7 heteroatoms. The average Bonchev–Trinajstić information content (AvgIpc) is 2.62. The first kappa shape index (κ1) is 17.2. The van der Waals surface area contributed by atoms with Gasteiger partial charge in [0.05, 0.1) is 11.2 Å². The molecule has 26 heavy (non-hydrogen) atoms. The summed E-state index contributed by atoms with van der Waals surface area (Å²) in [6, 6.07) is 10.8. The van der Waals surface area contributed by atoms with Crippen LogP contribution < -0.4 is 5.56 Å². The molecule has 1 aromatic heterocycles. The molecule has 0 radical (unpaired) electrons. The van der Waals surface area contributed by atoms with Crippen molar-refractivity contribution in [2.75, 3.05) is 0 Å². The number of hydrogen-bond donors (Lipinski definition) is 3. The van der Waals surface area contributed by atoms with Gasteiger partial charge in [-0.2, -0.15) is 0 Å². The number of rotatable bonds is 4. The molecule has 3 rings (SSSR count). The van der Waals surface area contributed by atoms with Gasteiger partial charge in [-0.05, 0) is 31.2 Å². The fourth-order valence-corrected chi connectivity index (χ4v) is 2.76. The smallest absolute Gasteiger partial charge is 0.339 e. The molecule has 3 N–H and O–H groups in total. The molecule has 1 heterocycles. The number of carboxylic acids is 1. The summed E-state index contributed by atoms with van der Waals surface area (Å²) in [6.07, 6.45) is 1.21. The Morgan fingerprint density at radius 1 is 1.19 bits per heavy atom. The van der Waals surface area contributed by atoms with E-state index in [2.05, 4.69) is 4.99 Å². The molecular weight excluding hydrogens is 336 g/mol. The van der Waals surface area contributed by atoms with Crippen molar-refractivity contribution in [3.63, 3.8) is 0 Å². The number of pyridine rings is 1. The van der Waals surface area contributed by atoms with Gasteiger partial charge in [0.25, 0.3) is 5.56 Å². The Kier molecular flexibility index (Phi) is 4.45. The van der Waals surface area contributed by atoms with E-state index in [9.17, 15) is 19.8 Å². The van der Waals surface area contributed by atoms with Crippen LogP contribution in [-0.2, 0) is 6.54 Å². The van der Waals surface area contributed by atoms with Crippen LogP contribution in [0, 0.1) is 0 Å². The van der Waals surface area contributed by atoms with Gasteiger partial charge >= 0.3 is 5.97 Å². The van der Waals surface area contributed by atoms with Crippen LogP contribution in [0.1, 0.15) is 22.8 Å². The molecule has 0 bridgehead atoms. The van der Waals surface area contributed by atoms with Crippen molar-refractivity contribution in [2.24, 2.45) is 4.99 Å². The molecule has 132 valence electrons. The van der Waals surface area contributed by atoms with E-state index in [0.717, 1.165) is 0 Å². The third-order valence-electron chi connectivity index (χ3n) is 4.05. The van der Waals surface area contributed by atoms with Gasteiger partial charge in [0.15, 0.2) is 0 Å². The molecular formula is C19H16N2O5. The highest BCUT2D eigenvalue weighted by atomic mass is 16.4. The lowest BCUT2D eigenvalue weighted by molar-refractivity contribution is 0.0694. The first-order valence-corrected chi connectivity index (χ1v) is 7.89. The van der Waals surface area contributed by atoms with Gasteiger partial charge in [-0.15, -0.1) is 0 Å². The minimum Gasteiger partial charge on any atom is -0.507 e. The van der Waals surface area contributed by atoms with E-state index in [1.165, 1.54) is 29.0 Å². The molecule has 0 aliphatic heterocycles. The minimum absolute atomic E-state index is 0.0207. The number of nitrogens with zero attached hydrogens (tertiary/aromatic N) is 2. The Morgan fingerprint density at radius 3 is 2.58 bits per heavy atom. The van der Waals surface area contributed by atoms with Crippen molar-refractivity contribution in [3.8, 4) is 11.5 Å². The SMILES string of the molecule is CCn1c(=O)c(C=Nc2ccc(C(=O)O)c(O)c2)c(O)c2ccccc21. The Labute approximate surface area is 148 Å². The second-order valence-electron chi connectivity index (χ2n) is 5.59. The third kappa shape index (κ3) is 2.90. The van der Waals surface area contributed by atoms with Gasteiger partial charge in [-0.25, -0.2) is 4.79 Å². The Bertz CT molecular complexity index is 1100. The van der Waals surface area contributed by atoms with Gasteiger partial charge in [-0.1, -0.05) is 12.1 Å². The van der Waals surface area contributed by atoms with E-state index in [1.807, 2.05) is 6.92 Å². The third-order valence-corrected chi connectivity index (χ3v) is 4.05. The van der Waals surface area contributed by atoms with Crippen LogP contribution in [0.25, 0.3) is 10.9 Å². The van der Waals surface area contributed by atoms with Crippen LogP contribution in [0.15, 0.2) is 52.3 Å². The van der Waals surface area contributed by atoms with E-state index in [0.29, 0.717) is 17.4 Å². The van der Waals surface area contributed by atoms with Crippen molar-refractivity contribution in [2.45, 2.75) is 13.5 Å². The zero-order valence-corrected chi connectivity index (χ0v) is 13.9.